The zero-order chi connectivity index (χ0) is 9.03. The molecule has 0 saturated carbocycles. The maximum absolute atomic E-state index is 10.6. The highest BCUT2D eigenvalue weighted by atomic mass is 35.7. The van der Waals surface area contributed by atoms with Crippen molar-refractivity contribution in [1.82, 2.24) is 0 Å². The lowest BCUT2D eigenvalue weighted by atomic mass is 10.00. The van der Waals surface area contributed by atoms with Gasteiger partial charge >= 0.3 is 0 Å². The first-order chi connectivity index (χ1) is 5.58. The fourth-order valence-corrected chi connectivity index (χ4v) is 2.22. The summed E-state index contributed by atoms with van der Waals surface area (Å²) in [4.78, 5) is 0. The summed E-state index contributed by atoms with van der Waals surface area (Å²) >= 11 is 0. The second-order valence-electron chi connectivity index (χ2n) is 3.11. The molecule has 0 aromatic heterocycles. The van der Waals surface area contributed by atoms with E-state index in [0.717, 1.165) is 19.4 Å². The predicted octanol–water partition coefficient (Wildman–Crippen LogP) is 1.37. The highest BCUT2D eigenvalue weighted by Gasteiger charge is 2.16. The molecule has 0 aromatic carbocycles. The Bertz CT molecular complexity index is 219. The quantitative estimate of drug-likeness (QED) is 0.664. The monoisotopic (exact) mass is 212 g/mol. The molecule has 1 unspecified atom stereocenters. The van der Waals surface area contributed by atoms with Crippen molar-refractivity contribution < 1.29 is 13.2 Å². The first-order valence-electron chi connectivity index (χ1n) is 4.08. The molecule has 0 bridgehead atoms. The number of halogens is 1. The maximum Gasteiger partial charge on any atom is 0.232 e. The van der Waals surface area contributed by atoms with Gasteiger partial charge in [0.2, 0.25) is 9.05 Å². The Labute approximate surface area is 77.5 Å². The van der Waals surface area contributed by atoms with Crippen molar-refractivity contribution in [3.05, 3.63) is 0 Å². The van der Waals surface area contributed by atoms with Crippen LogP contribution in [0.15, 0.2) is 0 Å². The molecule has 72 valence electrons. The summed E-state index contributed by atoms with van der Waals surface area (Å²) in [6, 6.07) is 0. The summed E-state index contributed by atoms with van der Waals surface area (Å²) in [7, 11) is 1.78. The highest BCUT2D eigenvalue weighted by molar-refractivity contribution is 8.13. The van der Waals surface area contributed by atoms with Crippen molar-refractivity contribution in [3.63, 3.8) is 0 Å². The van der Waals surface area contributed by atoms with Gasteiger partial charge in [0, 0.05) is 23.9 Å². The van der Waals surface area contributed by atoms with E-state index in [9.17, 15) is 8.42 Å². The van der Waals surface area contributed by atoms with E-state index in [1.54, 1.807) is 0 Å². The molecule has 1 saturated heterocycles. The molecule has 1 rings (SSSR count). The van der Waals surface area contributed by atoms with Gasteiger partial charge in [-0.15, -0.1) is 0 Å². The van der Waals surface area contributed by atoms with Gasteiger partial charge in [0.15, 0.2) is 0 Å². The maximum atomic E-state index is 10.6. The number of rotatable bonds is 3. The van der Waals surface area contributed by atoms with Crippen LogP contribution in [0.4, 0.5) is 0 Å². The van der Waals surface area contributed by atoms with Crippen LogP contribution in [0, 0.1) is 5.92 Å². The second kappa shape index (κ2) is 4.44. The summed E-state index contributed by atoms with van der Waals surface area (Å²) in [6.45, 7) is 1.50. The highest BCUT2D eigenvalue weighted by Crippen LogP contribution is 2.18. The van der Waals surface area contributed by atoms with E-state index in [0.29, 0.717) is 18.9 Å². The standard InChI is InChI=1S/C7H13ClO3S/c8-12(9,10)5-3-7-2-1-4-11-6-7/h7H,1-6H2. The summed E-state index contributed by atoms with van der Waals surface area (Å²) in [6.07, 6.45) is 2.73. The second-order valence-corrected chi connectivity index (χ2v) is 6.01. The van der Waals surface area contributed by atoms with Crippen LogP contribution in [-0.2, 0) is 13.8 Å². The zero-order valence-corrected chi connectivity index (χ0v) is 8.40. The molecule has 5 heteroatoms. The molecule has 1 fully saturated rings. The van der Waals surface area contributed by atoms with Crippen molar-refractivity contribution in [2.24, 2.45) is 5.92 Å². The van der Waals surface area contributed by atoms with Crippen LogP contribution in [0.1, 0.15) is 19.3 Å². The predicted molar refractivity (Wildman–Crippen MR) is 47.8 cm³/mol. The normalized spacial score (nSPS) is 25.6. The van der Waals surface area contributed by atoms with E-state index in [4.69, 9.17) is 15.4 Å². The van der Waals surface area contributed by atoms with Crippen molar-refractivity contribution >= 4 is 19.7 Å². The van der Waals surface area contributed by atoms with Crippen molar-refractivity contribution in [2.75, 3.05) is 19.0 Å². The van der Waals surface area contributed by atoms with Crippen LogP contribution in [-0.4, -0.2) is 27.4 Å². The Morgan fingerprint density at radius 1 is 1.50 bits per heavy atom. The van der Waals surface area contributed by atoms with E-state index >= 15 is 0 Å². The number of hydrogen-bond acceptors (Lipinski definition) is 3. The summed E-state index contributed by atoms with van der Waals surface area (Å²) < 4.78 is 26.4. The van der Waals surface area contributed by atoms with E-state index in [-0.39, 0.29) is 5.75 Å². The minimum atomic E-state index is -3.31. The van der Waals surface area contributed by atoms with Crippen LogP contribution in [0.3, 0.4) is 0 Å². The Hall–Kier alpha value is 0.200. The average molecular weight is 213 g/mol. The largest absolute Gasteiger partial charge is 0.381 e. The van der Waals surface area contributed by atoms with Gasteiger partial charge < -0.3 is 4.74 Å². The molecular formula is C7H13ClO3S. The molecule has 1 atom stereocenters. The molecule has 12 heavy (non-hydrogen) atoms. The van der Waals surface area contributed by atoms with E-state index in [2.05, 4.69) is 0 Å². The molecule has 1 aliphatic heterocycles. The van der Waals surface area contributed by atoms with Crippen LogP contribution in [0.5, 0.6) is 0 Å². The van der Waals surface area contributed by atoms with Gasteiger partial charge in [-0.3, -0.25) is 0 Å². The summed E-state index contributed by atoms with van der Waals surface area (Å²) in [5.74, 6) is 0.454. The first kappa shape index (κ1) is 10.3. The van der Waals surface area contributed by atoms with Gasteiger partial charge in [0.1, 0.15) is 0 Å². The van der Waals surface area contributed by atoms with Crippen molar-refractivity contribution in [3.8, 4) is 0 Å². The molecular weight excluding hydrogens is 200 g/mol. The van der Waals surface area contributed by atoms with Gasteiger partial charge in [-0.25, -0.2) is 8.42 Å². The van der Waals surface area contributed by atoms with E-state index in [1.165, 1.54) is 0 Å². The van der Waals surface area contributed by atoms with Crippen LogP contribution in [0.25, 0.3) is 0 Å². The molecule has 0 aromatic rings. The van der Waals surface area contributed by atoms with E-state index in [1.807, 2.05) is 0 Å². The Balaban J connectivity index is 2.22. The minimum absolute atomic E-state index is 0.0720. The Morgan fingerprint density at radius 2 is 2.25 bits per heavy atom. The average Bonchev–Trinajstić information content (AvgIpc) is 2.02. The zero-order valence-electron chi connectivity index (χ0n) is 6.83. The molecule has 0 N–H and O–H groups in total. The first-order valence-corrected chi connectivity index (χ1v) is 6.56. The van der Waals surface area contributed by atoms with Crippen molar-refractivity contribution in [2.45, 2.75) is 19.3 Å². The third-order valence-electron chi connectivity index (χ3n) is 2.02. The SMILES string of the molecule is O=S(=O)(Cl)CCC1CCCOC1. The third-order valence-corrected chi connectivity index (χ3v) is 3.21. The van der Waals surface area contributed by atoms with Crippen molar-refractivity contribution in [1.29, 1.82) is 0 Å². The number of ether oxygens (including phenoxy) is 1. The minimum Gasteiger partial charge on any atom is -0.381 e. The molecule has 1 heterocycles. The van der Waals surface area contributed by atoms with Crippen LogP contribution < -0.4 is 0 Å². The van der Waals surface area contributed by atoms with Gasteiger partial charge in [-0.2, -0.15) is 0 Å². The summed E-state index contributed by atoms with van der Waals surface area (Å²) in [5, 5.41) is 0. The van der Waals surface area contributed by atoms with Gasteiger partial charge in [-0.05, 0) is 25.2 Å². The molecule has 1 aliphatic rings. The lowest BCUT2D eigenvalue weighted by Crippen LogP contribution is -2.19. The molecule has 0 radical (unpaired) electrons. The van der Waals surface area contributed by atoms with Gasteiger partial charge in [-0.1, -0.05) is 0 Å². The fraction of sp³-hybridized carbons (Fsp3) is 1.00. The third kappa shape index (κ3) is 4.28. The molecule has 0 spiro atoms. The number of hydrogen-bond donors (Lipinski definition) is 0. The molecule has 3 nitrogen and oxygen atoms in total. The van der Waals surface area contributed by atoms with Gasteiger partial charge in [0.05, 0.1) is 5.75 Å². The fourth-order valence-electron chi connectivity index (χ4n) is 1.34. The van der Waals surface area contributed by atoms with Crippen LogP contribution >= 0.6 is 10.7 Å². The van der Waals surface area contributed by atoms with Gasteiger partial charge in [0.25, 0.3) is 0 Å². The van der Waals surface area contributed by atoms with E-state index < -0.39 is 9.05 Å². The Morgan fingerprint density at radius 3 is 2.75 bits per heavy atom. The smallest absolute Gasteiger partial charge is 0.232 e. The molecule has 0 amide bonds. The van der Waals surface area contributed by atoms with Crippen LogP contribution in [0.2, 0.25) is 0 Å². The lowest BCUT2D eigenvalue weighted by Gasteiger charge is -2.20. The summed E-state index contributed by atoms with van der Waals surface area (Å²) in [5.41, 5.74) is 0. The lowest BCUT2D eigenvalue weighted by molar-refractivity contribution is 0.0538. The molecule has 0 aliphatic carbocycles. The topological polar surface area (TPSA) is 43.4 Å². The Kier molecular flexibility index (Phi) is 3.80.